The molecule has 1 aliphatic heterocycles. The molecule has 2 amide bonds. The Kier molecular flexibility index (Phi) is 4.57. The summed E-state index contributed by atoms with van der Waals surface area (Å²) in [5.74, 6) is -1.61. The van der Waals surface area contributed by atoms with E-state index in [1.54, 1.807) is 0 Å². The first kappa shape index (κ1) is 15.0. The molecule has 1 saturated heterocycles. The van der Waals surface area contributed by atoms with Crippen molar-refractivity contribution in [3.63, 3.8) is 0 Å². The Morgan fingerprint density at radius 1 is 1.38 bits per heavy atom. The highest BCUT2D eigenvalue weighted by atomic mass is 19.1. The monoisotopic (exact) mass is 292 g/mol. The molecule has 1 heterocycles. The van der Waals surface area contributed by atoms with E-state index < -0.39 is 24.0 Å². The average Bonchev–Trinajstić information content (AvgIpc) is 2.44. The van der Waals surface area contributed by atoms with Gasteiger partial charge in [-0.25, -0.2) is 9.18 Å². The van der Waals surface area contributed by atoms with Crippen LogP contribution in [-0.2, 0) is 9.53 Å². The maximum Gasteiger partial charge on any atom is 0.319 e. The molecular weight excluding hydrogens is 275 g/mol. The highest BCUT2D eigenvalue weighted by Crippen LogP contribution is 2.30. The molecule has 2 rings (SSSR count). The van der Waals surface area contributed by atoms with E-state index in [-0.39, 0.29) is 11.5 Å². The predicted molar refractivity (Wildman–Crippen MR) is 74.7 cm³/mol. The van der Waals surface area contributed by atoms with E-state index in [0.717, 1.165) is 0 Å². The number of carbonyl (C=O) groups is 2. The zero-order chi connectivity index (χ0) is 15.4. The number of esters is 1. The smallest absolute Gasteiger partial charge is 0.319 e. The van der Waals surface area contributed by atoms with Crippen molar-refractivity contribution >= 4 is 12.0 Å². The van der Waals surface area contributed by atoms with Gasteiger partial charge in [0.05, 0.1) is 12.6 Å². The first-order chi connectivity index (χ1) is 10.0. The highest BCUT2D eigenvalue weighted by molar-refractivity contribution is 5.85. The molecule has 0 spiro atoms. The minimum atomic E-state index is -0.750. The van der Waals surface area contributed by atoms with Gasteiger partial charge in [0.15, 0.2) is 0 Å². The van der Waals surface area contributed by atoms with Crippen LogP contribution in [0.2, 0.25) is 0 Å². The SMILES string of the molecule is C=C1NC(=O)N[C@H](c2ccc(F)cc2)[C@H]1C(=O)OCCC. The van der Waals surface area contributed by atoms with E-state index in [0.29, 0.717) is 18.6 Å². The van der Waals surface area contributed by atoms with Gasteiger partial charge in [-0.3, -0.25) is 4.79 Å². The second-order valence-electron chi connectivity index (χ2n) is 4.80. The number of halogens is 1. The highest BCUT2D eigenvalue weighted by Gasteiger charge is 2.38. The number of rotatable bonds is 4. The molecule has 2 N–H and O–H groups in total. The van der Waals surface area contributed by atoms with Gasteiger partial charge in [0.1, 0.15) is 11.7 Å². The Morgan fingerprint density at radius 2 is 2.05 bits per heavy atom. The van der Waals surface area contributed by atoms with Crippen molar-refractivity contribution in [3.8, 4) is 0 Å². The summed E-state index contributed by atoms with van der Waals surface area (Å²) < 4.78 is 18.2. The van der Waals surface area contributed by atoms with Crippen molar-refractivity contribution in [3.05, 3.63) is 47.9 Å². The molecule has 2 atom stereocenters. The summed E-state index contributed by atoms with van der Waals surface area (Å²) in [5.41, 5.74) is 0.889. The maximum atomic E-state index is 13.0. The average molecular weight is 292 g/mol. The zero-order valence-electron chi connectivity index (χ0n) is 11.7. The maximum absolute atomic E-state index is 13.0. The van der Waals surface area contributed by atoms with Crippen LogP contribution >= 0.6 is 0 Å². The first-order valence-electron chi connectivity index (χ1n) is 6.71. The summed E-state index contributed by atoms with van der Waals surface area (Å²) in [6, 6.07) is 4.53. The van der Waals surface area contributed by atoms with E-state index >= 15 is 0 Å². The van der Waals surface area contributed by atoms with Crippen molar-refractivity contribution in [1.29, 1.82) is 0 Å². The lowest BCUT2D eigenvalue weighted by Gasteiger charge is -2.33. The number of hydrogen-bond acceptors (Lipinski definition) is 3. The second kappa shape index (κ2) is 6.39. The Hall–Kier alpha value is -2.37. The number of benzene rings is 1. The van der Waals surface area contributed by atoms with Crippen molar-refractivity contribution in [1.82, 2.24) is 10.6 Å². The van der Waals surface area contributed by atoms with Gasteiger partial charge in [0.25, 0.3) is 0 Å². The summed E-state index contributed by atoms with van der Waals surface area (Å²) >= 11 is 0. The van der Waals surface area contributed by atoms with E-state index in [1.807, 2.05) is 6.92 Å². The molecule has 0 saturated carbocycles. The van der Waals surface area contributed by atoms with Crippen LogP contribution in [-0.4, -0.2) is 18.6 Å². The molecule has 0 aromatic heterocycles. The largest absolute Gasteiger partial charge is 0.465 e. The van der Waals surface area contributed by atoms with Crippen LogP contribution in [0.3, 0.4) is 0 Å². The number of hydrogen-bond donors (Lipinski definition) is 2. The van der Waals surface area contributed by atoms with Gasteiger partial charge in [0.2, 0.25) is 0 Å². The van der Waals surface area contributed by atoms with Crippen molar-refractivity contribution in [2.75, 3.05) is 6.61 Å². The summed E-state index contributed by atoms with van der Waals surface area (Å²) in [4.78, 5) is 23.8. The summed E-state index contributed by atoms with van der Waals surface area (Å²) in [6.07, 6.45) is 0.700. The summed E-state index contributed by atoms with van der Waals surface area (Å²) in [5, 5.41) is 5.13. The Morgan fingerprint density at radius 3 is 2.67 bits per heavy atom. The molecule has 0 aliphatic carbocycles. The number of ether oxygens (including phenoxy) is 1. The molecule has 6 heteroatoms. The molecule has 1 aromatic rings. The molecule has 0 radical (unpaired) electrons. The van der Waals surface area contributed by atoms with Gasteiger partial charge >= 0.3 is 12.0 Å². The molecule has 5 nitrogen and oxygen atoms in total. The standard InChI is InChI=1S/C15H17FN2O3/c1-3-8-21-14(19)12-9(2)17-15(20)18-13(12)10-4-6-11(16)7-5-10/h4-7,12-13H,2-3,8H2,1H3,(H2,17,18,20)/t12-,13+/m0/s1. The summed E-state index contributed by atoms with van der Waals surface area (Å²) in [7, 11) is 0. The Bertz CT molecular complexity index is 557. The van der Waals surface area contributed by atoms with Gasteiger partial charge in [-0.2, -0.15) is 0 Å². The minimum Gasteiger partial charge on any atom is -0.465 e. The van der Waals surface area contributed by atoms with Crippen LogP contribution in [0.5, 0.6) is 0 Å². The van der Waals surface area contributed by atoms with Gasteiger partial charge in [0, 0.05) is 5.70 Å². The van der Waals surface area contributed by atoms with Crippen LogP contribution in [0, 0.1) is 11.7 Å². The zero-order valence-corrected chi connectivity index (χ0v) is 11.7. The normalized spacial score (nSPS) is 21.4. The van der Waals surface area contributed by atoms with E-state index in [4.69, 9.17) is 4.74 Å². The van der Waals surface area contributed by atoms with Crippen LogP contribution in [0.25, 0.3) is 0 Å². The lowest BCUT2D eigenvalue weighted by Crippen LogP contribution is -2.51. The molecule has 1 aromatic carbocycles. The van der Waals surface area contributed by atoms with E-state index in [1.165, 1.54) is 24.3 Å². The van der Waals surface area contributed by atoms with Gasteiger partial charge < -0.3 is 15.4 Å². The van der Waals surface area contributed by atoms with Crippen LogP contribution in [0.15, 0.2) is 36.5 Å². The third-order valence-electron chi connectivity index (χ3n) is 3.20. The number of amides is 2. The van der Waals surface area contributed by atoms with E-state index in [9.17, 15) is 14.0 Å². The van der Waals surface area contributed by atoms with E-state index in [2.05, 4.69) is 17.2 Å². The fourth-order valence-electron chi connectivity index (χ4n) is 2.20. The molecule has 112 valence electrons. The minimum absolute atomic E-state index is 0.272. The number of carbonyl (C=O) groups excluding carboxylic acids is 2. The summed E-state index contributed by atoms with van der Waals surface area (Å²) in [6.45, 7) is 5.91. The van der Waals surface area contributed by atoms with Crippen LogP contribution < -0.4 is 10.6 Å². The third-order valence-corrected chi connectivity index (χ3v) is 3.20. The fourth-order valence-corrected chi connectivity index (χ4v) is 2.20. The fraction of sp³-hybridized carbons (Fsp3) is 0.333. The lowest BCUT2D eigenvalue weighted by molar-refractivity contribution is -0.148. The van der Waals surface area contributed by atoms with Gasteiger partial charge in [-0.15, -0.1) is 0 Å². The quantitative estimate of drug-likeness (QED) is 0.836. The Balaban J connectivity index is 2.28. The predicted octanol–water partition coefficient (Wildman–Crippen LogP) is 2.26. The molecule has 0 unspecified atom stereocenters. The van der Waals surface area contributed by atoms with Gasteiger partial charge in [-0.1, -0.05) is 25.6 Å². The third kappa shape index (κ3) is 3.39. The van der Waals surface area contributed by atoms with Crippen LogP contribution in [0.1, 0.15) is 24.9 Å². The molecule has 21 heavy (non-hydrogen) atoms. The molecule has 0 bridgehead atoms. The van der Waals surface area contributed by atoms with Crippen molar-refractivity contribution in [2.24, 2.45) is 5.92 Å². The molecular formula is C15H17FN2O3. The second-order valence-corrected chi connectivity index (χ2v) is 4.80. The topological polar surface area (TPSA) is 67.4 Å². The van der Waals surface area contributed by atoms with Gasteiger partial charge in [-0.05, 0) is 24.1 Å². The molecule has 1 aliphatic rings. The first-order valence-corrected chi connectivity index (χ1v) is 6.71. The molecule has 1 fully saturated rings. The lowest BCUT2D eigenvalue weighted by atomic mass is 9.89. The Labute approximate surface area is 122 Å². The van der Waals surface area contributed by atoms with Crippen molar-refractivity contribution < 1.29 is 18.7 Å². The number of nitrogens with one attached hydrogen (secondary N) is 2. The van der Waals surface area contributed by atoms with Crippen molar-refractivity contribution in [2.45, 2.75) is 19.4 Å². The number of urea groups is 1. The van der Waals surface area contributed by atoms with Crippen LogP contribution in [0.4, 0.5) is 9.18 Å².